The molecule has 12 unspecified atom stereocenters. The van der Waals surface area contributed by atoms with E-state index in [4.69, 9.17) is 5.11 Å². The highest BCUT2D eigenvalue weighted by Gasteiger charge is 2.68. The third-order valence-electron chi connectivity index (χ3n) is 10.8. The van der Waals surface area contributed by atoms with Crippen LogP contribution in [0.5, 0.6) is 0 Å². The largest absolute Gasteiger partial charge is 0.481 e. The van der Waals surface area contributed by atoms with Crippen molar-refractivity contribution in [3.63, 3.8) is 0 Å². The van der Waals surface area contributed by atoms with Crippen molar-refractivity contribution in [1.82, 2.24) is 0 Å². The van der Waals surface area contributed by atoms with Gasteiger partial charge in [0.05, 0.1) is 23.6 Å². The second kappa shape index (κ2) is 8.43. The Morgan fingerprint density at radius 1 is 1.00 bits per heavy atom. The lowest BCUT2D eigenvalue weighted by Crippen LogP contribution is -2.66. The summed E-state index contributed by atoms with van der Waals surface area (Å²) in [5.41, 5.74) is -1.32. The highest BCUT2D eigenvalue weighted by Crippen LogP contribution is 2.68. The van der Waals surface area contributed by atoms with Gasteiger partial charge in [0, 0.05) is 6.42 Å². The molecule has 190 valence electrons. The molecular formula is C24H40O8S. The molecule has 0 saturated heterocycles. The summed E-state index contributed by atoms with van der Waals surface area (Å²) in [6.45, 7) is 5.99. The van der Waals surface area contributed by atoms with Gasteiger partial charge in [-0.3, -0.25) is 9.35 Å². The number of hydrogen-bond donors (Lipinski definition) is 5. The molecule has 0 radical (unpaired) electrons. The van der Waals surface area contributed by atoms with E-state index >= 15 is 0 Å². The van der Waals surface area contributed by atoms with Gasteiger partial charge in [0.2, 0.25) is 0 Å². The van der Waals surface area contributed by atoms with E-state index in [1.807, 2.05) is 13.8 Å². The minimum atomic E-state index is -4.43. The van der Waals surface area contributed by atoms with Crippen LogP contribution < -0.4 is 0 Å². The normalized spacial score (nSPS) is 50.7. The Morgan fingerprint density at radius 3 is 2.27 bits per heavy atom. The van der Waals surface area contributed by atoms with Crippen LogP contribution in [0.1, 0.15) is 72.1 Å². The molecule has 9 heteroatoms. The van der Waals surface area contributed by atoms with E-state index in [-0.39, 0.29) is 48.3 Å². The van der Waals surface area contributed by atoms with Gasteiger partial charge in [-0.25, -0.2) is 0 Å². The quantitative estimate of drug-likeness (QED) is 0.370. The molecule has 4 fully saturated rings. The van der Waals surface area contributed by atoms with E-state index < -0.39 is 50.5 Å². The number of fused-ring (bicyclic) bond motifs is 5. The Labute approximate surface area is 196 Å². The second-order valence-electron chi connectivity index (χ2n) is 12.0. The Kier molecular flexibility index (Phi) is 6.48. The molecule has 0 aromatic heterocycles. The number of aliphatic hydroxyl groups is 3. The van der Waals surface area contributed by atoms with Crippen LogP contribution in [0.25, 0.3) is 0 Å². The molecule has 0 aliphatic heterocycles. The Balaban J connectivity index is 1.70. The van der Waals surface area contributed by atoms with Crippen molar-refractivity contribution in [3.8, 4) is 0 Å². The number of rotatable bonds is 5. The fourth-order valence-electron chi connectivity index (χ4n) is 9.17. The molecule has 33 heavy (non-hydrogen) atoms. The molecule has 4 rings (SSSR count). The zero-order chi connectivity index (χ0) is 24.5. The molecule has 0 heterocycles. The summed E-state index contributed by atoms with van der Waals surface area (Å²) in [7, 11) is -4.43. The lowest BCUT2D eigenvalue weighted by molar-refractivity contribution is -0.206. The number of carboxylic acid groups (broad SMARTS) is 1. The van der Waals surface area contributed by atoms with Crippen molar-refractivity contribution in [2.24, 2.45) is 46.3 Å². The Hall–Kier alpha value is -0.740. The third kappa shape index (κ3) is 3.86. The van der Waals surface area contributed by atoms with Gasteiger partial charge >= 0.3 is 5.97 Å². The van der Waals surface area contributed by atoms with Crippen molar-refractivity contribution in [2.45, 2.75) is 95.7 Å². The summed E-state index contributed by atoms with van der Waals surface area (Å²) < 4.78 is 35.1. The zero-order valence-electron chi connectivity index (χ0n) is 19.8. The van der Waals surface area contributed by atoms with E-state index in [9.17, 15) is 33.1 Å². The summed E-state index contributed by atoms with van der Waals surface area (Å²) >= 11 is 0. The van der Waals surface area contributed by atoms with Crippen LogP contribution >= 0.6 is 0 Å². The van der Waals surface area contributed by atoms with Crippen LogP contribution in [-0.4, -0.2) is 62.9 Å². The van der Waals surface area contributed by atoms with Gasteiger partial charge in [-0.1, -0.05) is 20.8 Å². The van der Waals surface area contributed by atoms with Gasteiger partial charge in [-0.15, -0.1) is 0 Å². The minimum Gasteiger partial charge on any atom is -0.481 e. The van der Waals surface area contributed by atoms with Crippen molar-refractivity contribution >= 4 is 16.1 Å². The van der Waals surface area contributed by atoms with Crippen LogP contribution in [0.3, 0.4) is 0 Å². The number of carboxylic acids is 1. The minimum absolute atomic E-state index is 0.00907. The SMILES string of the molecule is CC(CCC(=O)O)C1CCC2C3C(O)CC4CC(O)CC(S(=O)(=O)O)C4(C)C3CC(O)C12C. The molecule has 5 N–H and O–H groups in total. The molecular weight excluding hydrogens is 448 g/mol. The summed E-state index contributed by atoms with van der Waals surface area (Å²) in [4.78, 5) is 11.1. The number of aliphatic hydroxyl groups excluding tert-OH is 3. The molecule has 4 aliphatic carbocycles. The van der Waals surface area contributed by atoms with Crippen LogP contribution in [0, 0.1) is 46.3 Å². The first-order chi connectivity index (χ1) is 15.2. The van der Waals surface area contributed by atoms with Crippen LogP contribution in [-0.2, 0) is 14.9 Å². The predicted molar refractivity (Wildman–Crippen MR) is 121 cm³/mol. The zero-order valence-corrected chi connectivity index (χ0v) is 20.6. The standard InChI is InChI=1S/C24H40O8S/c1-12(4-7-21(28)29)15-5-6-16-22-17(11-19(27)24(15,16)3)23(2)13(9-18(22)26)8-14(25)10-20(23)33(30,31)32/h12-20,22,25-27H,4-11H2,1-3H3,(H,28,29)(H,30,31,32). The maximum atomic E-state index is 12.5. The smallest absolute Gasteiger partial charge is 0.303 e. The number of aliphatic carboxylic acids is 1. The van der Waals surface area contributed by atoms with Gasteiger partial charge in [-0.2, -0.15) is 8.42 Å². The first kappa shape index (κ1) is 25.4. The molecule has 4 saturated carbocycles. The van der Waals surface area contributed by atoms with E-state index in [2.05, 4.69) is 6.92 Å². The maximum Gasteiger partial charge on any atom is 0.303 e. The fourth-order valence-corrected chi connectivity index (χ4v) is 10.6. The average molecular weight is 489 g/mol. The molecule has 0 bridgehead atoms. The lowest BCUT2D eigenvalue weighted by Gasteiger charge is -2.64. The third-order valence-corrected chi connectivity index (χ3v) is 12.2. The van der Waals surface area contributed by atoms with Gasteiger partial charge < -0.3 is 20.4 Å². The summed E-state index contributed by atoms with van der Waals surface area (Å²) in [6, 6.07) is 0. The average Bonchev–Trinajstić information content (AvgIpc) is 3.05. The molecule has 12 atom stereocenters. The maximum absolute atomic E-state index is 12.5. The summed E-state index contributed by atoms with van der Waals surface area (Å²) in [5, 5.41) is 41.2. The molecule has 0 amide bonds. The van der Waals surface area contributed by atoms with Gasteiger partial charge in [-0.05, 0) is 91.3 Å². The van der Waals surface area contributed by atoms with E-state index in [1.54, 1.807) is 0 Å². The monoisotopic (exact) mass is 488 g/mol. The van der Waals surface area contributed by atoms with E-state index in [0.29, 0.717) is 25.7 Å². The summed E-state index contributed by atoms with van der Waals surface area (Å²) in [6.07, 6.45) is 1.12. The molecule has 0 spiro atoms. The van der Waals surface area contributed by atoms with Crippen LogP contribution in [0.2, 0.25) is 0 Å². The fraction of sp³-hybridized carbons (Fsp3) is 0.958. The van der Waals surface area contributed by atoms with Crippen molar-refractivity contribution in [2.75, 3.05) is 0 Å². The highest BCUT2D eigenvalue weighted by molar-refractivity contribution is 7.86. The highest BCUT2D eigenvalue weighted by atomic mass is 32.2. The van der Waals surface area contributed by atoms with Gasteiger partial charge in [0.25, 0.3) is 10.1 Å². The van der Waals surface area contributed by atoms with Crippen molar-refractivity contribution in [1.29, 1.82) is 0 Å². The number of carbonyl (C=O) groups is 1. The molecule has 0 aromatic rings. The molecule has 0 aromatic carbocycles. The van der Waals surface area contributed by atoms with Crippen LogP contribution in [0.4, 0.5) is 0 Å². The van der Waals surface area contributed by atoms with Crippen molar-refractivity contribution in [3.05, 3.63) is 0 Å². The van der Waals surface area contributed by atoms with Gasteiger partial charge in [0.1, 0.15) is 0 Å². The first-order valence-electron chi connectivity index (χ1n) is 12.4. The Bertz CT molecular complexity index is 876. The second-order valence-corrected chi connectivity index (χ2v) is 13.6. The van der Waals surface area contributed by atoms with E-state index in [0.717, 1.165) is 12.8 Å². The molecule has 8 nitrogen and oxygen atoms in total. The molecule has 4 aliphatic rings. The predicted octanol–water partition coefficient (Wildman–Crippen LogP) is 2.32. The number of hydrogen-bond acceptors (Lipinski definition) is 6. The lowest BCUT2D eigenvalue weighted by atomic mass is 9.43. The summed E-state index contributed by atoms with van der Waals surface area (Å²) in [5.74, 6) is -1.34. The van der Waals surface area contributed by atoms with Crippen molar-refractivity contribution < 1.29 is 38.2 Å². The Morgan fingerprint density at radius 2 is 1.67 bits per heavy atom. The van der Waals surface area contributed by atoms with Gasteiger partial charge in [0.15, 0.2) is 0 Å². The first-order valence-corrected chi connectivity index (χ1v) is 13.9. The van der Waals surface area contributed by atoms with Crippen LogP contribution in [0.15, 0.2) is 0 Å². The topological polar surface area (TPSA) is 152 Å². The van der Waals surface area contributed by atoms with E-state index in [1.165, 1.54) is 0 Å².